The van der Waals surface area contributed by atoms with E-state index < -0.39 is 0 Å². The second-order valence-corrected chi connectivity index (χ2v) is 3.45. The van der Waals surface area contributed by atoms with Crippen molar-refractivity contribution in [1.29, 1.82) is 0 Å². The Balaban J connectivity index is 2.27. The van der Waals surface area contributed by atoms with Crippen molar-refractivity contribution < 1.29 is 5.21 Å². The molecule has 0 amide bonds. The summed E-state index contributed by atoms with van der Waals surface area (Å²) in [7, 11) is 0. The predicted molar refractivity (Wildman–Crippen MR) is 52.3 cm³/mol. The molecule has 1 aromatic rings. The van der Waals surface area contributed by atoms with Crippen LogP contribution in [0, 0.1) is 0 Å². The molecular formula is C11H13NO. The molecule has 1 aliphatic carbocycles. The minimum Gasteiger partial charge on any atom is -0.411 e. The van der Waals surface area contributed by atoms with Crippen LogP contribution in [0.15, 0.2) is 35.5 Å². The van der Waals surface area contributed by atoms with Gasteiger partial charge in [-0.05, 0) is 24.8 Å². The lowest BCUT2D eigenvalue weighted by molar-refractivity contribution is 0.316. The Bertz CT molecular complexity index is 305. The number of rotatable bonds is 1. The molecule has 1 unspecified atom stereocenters. The largest absolute Gasteiger partial charge is 0.411 e. The van der Waals surface area contributed by atoms with Crippen LogP contribution in [0.1, 0.15) is 30.7 Å². The van der Waals surface area contributed by atoms with Gasteiger partial charge >= 0.3 is 0 Å². The maximum Gasteiger partial charge on any atom is 0.0645 e. The Kier molecular flexibility index (Phi) is 2.30. The molecular weight excluding hydrogens is 162 g/mol. The van der Waals surface area contributed by atoms with Crippen molar-refractivity contribution in [2.24, 2.45) is 5.16 Å². The van der Waals surface area contributed by atoms with Gasteiger partial charge in [0, 0.05) is 5.92 Å². The lowest BCUT2D eigenvalue weighted by Crippen LogP contribution is -2.04. The average molecular weight is 175 g/mol. The van der Waals surface area contributed by atoms with Gasteiger partial charge in [-0.25, -0.2) is 0 Å². The molecule has 13 heavy (non-hydrogen) atoms. The molecule has 0 spiro atoms. The standard InChI is InChI=1S/C11H13NO/c13-12-11-8-4-7-10(11)9-5-2-1-3-6-9/h1-3,5-6,10,13H,4,7-8H2/b12-11+. The van der Waals surface area contributed by atoms with Crippen LogP contribution < -0.4 is 0 Å². The monoisotopic (exact) mass is 175 g/mol. The first-order chi connectivity index (χ1) is 6.42. The van der Waals surface area contributed by atoms with Crippen LogP contribution in [0.3, 0.4) is 0 Å². The number of benzene rings is 1. The Hall–Kier alpha value is -1.31. The Morgan fingerprint density at radius 1 is 1.23 bits per heavy atom. The van der Waals surface area contributed by atoms with Crippen LogP contribution in [0.25, 0.3) is 0 Å². The minimum atomic E-state index is 0.353. The van der Waals surface area contributed by atoms with Gasteiger partial charge in [-0.2, -0.15) is 0 Å². The molecule has 1 saturated carbocycles. The van der Waals surface area contributed by atoms with Crippen LogP contribution in [0.2, 0.25) is 0 Å². The zero-order valence-corrected chi connectivity index (χ0v) is 7.48. The summed E-state index contributed by atoms with van der Waals surface area (Å²) in [5, 5.41) is 12.1. The first-order valence-electron chi connectivity index (χ1n) is 4.67. The van der Waals surface area contributed by atoms with Crippen molar-refractivity contribution in [3.05, 3.63) is 35.9 Å². The second kappa shape index (κ2) is 3.60. The number of oxime groups is 1. The van der Waals surface area contributed by atoms with Gasteiger partial charge in [0.2, 0.25) is 0 Å². The van der Waals surface area contributed by atoms with Gasteiger partial charge in [0.1, 0.15) is 0 Å². The minimum absolute atomic E-state index is 0.353. The van der Waals surface area contributed by atoms with Gasteiger partial charge in [-0.15, -0.1) is 0 Å². The Labute approximate surface area is 77.9 Å². The van der Waals surface area contributed by atoms with E-state index in [2.05, 4.69) is 17.3 Å². The quantitative estimate of drug-likeness (QED) is 0.516. The molecule has 1 atom stereocenters. The van der Waals surface area contributed by atoms with Crippen LogP contribution >= 0.6 is 0 Å². The van der Waals surface area contributed by atoms with Crippen LogP contribution in [-0.2, 0) is 0 Å². The third-order valence-corrected chi connectivity index (χ3v) is 2.66. The summed E-state index contributed by atoms with van der Waals surface area (Å²) in [5.41, 5.74) is 2.21. The van der Waals surface area contributed by atoms with Crippen LogP contribution in [-0.4, -0.2) is 10.9 Å². The molecule has 0 aliphatic heterocycles. The summed E-state index contributed by atoms with van der Waals surface area (Å²) < 4.78 is 0. The maximum absolute atomic E-state index is 8.79. The summed E-state index contributed by atoms with van der Waals surface area (Å²) in [4.78, 5) is 0. The van der Waals surface area contributed by atoms with Gasteiger partial charge in [0.15, 0.2) is 0 Å². The highest BCUT2D eigenvalue weighted by molar-refractivity contribution is 5.92. The normalized spacial score (nSPS) is 25.2. The number of nitrogens with zero attached hydrogens (tertiary/aromatic N) is 1. The zero-order valence-electron chi connectivity index (χ0n) is 7.48. The third kappa shape index (κ3) is 1.57. The van der Waals surface area contributed by atoms with Gasteiger partial charge in [0.05, 0.1) is 5.71 Å². The first-order valence-corrected chi connectivity index (χ1v) is 4.67. The SMILES string of the molecule is O/N=C1\CCCC1c1ccccc1. The molecule has 0 radical (unpaired) electrons. The molecule has 68 valence electrons. The second-order valence-electron chi connectivity index (χ2n) is 3.45. The lowest BCUT2D eigenvalue weighted by atomic mass is 9.97. The summed E-state index contributed by atoms with van der Waals surface area (Å²) in [5.74, 6) is 0.353. The molecule has 0 aromatic heterocycles. The van der Waals surface area contributed by atoms with E-state index in [1.165, 1.54) is 5.56 Å². The molecule has 1 aromatic carbocycles. The zero-order chi connectivity index (χ0) is 9.10. The Morgan fingerprint density at radius 2 is 2.00 bits per heavy atom. The van der Waals surface area contributed by atoms with E-state index in [9.17, 15) is 0 Å². The van der Waals surface area contributed by atoms with E-state index in [-0.39, 0.29) is 0 Å². The maximum atomic E-state index is 8.79. The fourth-order valence-corrected chi connectivity index (χ4v) is 1.99. The van der Waals surface area contributed by atoms with E-state index in [4.69, 9.17) is 5.21 Å². The van der Waals surface area contributed by atoms with Crippen LogP contribution in [0.4, 0.5) is 0 Å². The molecule has 0 saturated heterocycles. The van der Waals surface area contributed by atoms with Crippen molar-refractivity contribution >= 4 is 5.71 Å². The van der Waals surface area contributed by atoms with Gasteiger partial charge in [-0.3, -0.25) is 0 Å². The fourth-order valence-electron chi connectivity index (χ4n) is 1.99. The van der Waals surface area contributed by atoms with Crippen molar-refractivity contribution in [3.8, 4) is 0 Å². The van der Waals surface area contributed by atoms with Crippen molar-refractivity contribution in [2.45, 2.75) is 25.2 Å². The van der Waals surface area contributed by atoms with Crippen molar-refractivity contribution in [3.63, 3.8) is 0 Å². The lowest BCUT2D eigenvalue weighted by Gasteiger charge is -2.09. The average Bonchev–Trinajstić information content (AvgIpc) is 2.67. The summed E-state index contributed by atoms with van der Waals surface area (Å²) in [6.07, 6.45) is 3.19. The highest BCUT2D eigenvalue weighted by atomic mass is 16.4. The first kappa shape index (κ1) is 8.30. The van der Waals surface area contributed by atoms with Crippen LogP contribution in [0.5, 0.6) is 0 Å². The topological polar surface area (TPSA) is 32.6 Å². The summed E-state index contributed by atoms with van der Waals surface area (Å²) in [6, 6.07) is 10.3. The molecule has 1 N–H and O–H groups in total. The van der Waals surface area contributed by atoms with Crippen molar-refractivity contribution in [1.82, 2.24) is 0 Å². The van der Waals surface area contributed by atoms with Gasteiger partial charge < -0.3 is 5.21 Å². The number of hydrogen-bond donors (Lipinski definition) is 1. The number of hydrogen-bond acceptors (Lipinski definition) is 2. The molecule has 0 heterocycles. The third-order valence-electron chi connectivity index (χ3n) is 2.66. The van der Waals surface area contributed by atoms with Gasteiger partial charge in [0.25, 0.3) is 0 Å². The van der Waals surface area contributed by atoms with E-state index in [0.717, 1.165) is 25.0 Å². The highest BCUT2D eigenvalue weighted by Gasteiger charge is 2.24. The molecule has 1 aliphatic rings. The van der Waals surface area contributed by atoms with E-state index >= 15 is 0 Å². The Morgan fingerprint density at radius 3 is 2.69 bits per heavy atom. The molecule has 2 nitrogen and oxygen atoms in total. The van der Waals surface area contributed by atoms with E-state index in [1.54, 1.807) is 0 Å². The molecule has 2 rings (SSSR count). The van der Waals surface area contributed by atoms with E-state index in [0.29, 0.717) is 5.92 Å². The smallest absolute Gasteiger partial charge is 0.0645 e. The highest BCUT2D eigenvalue weighted by Crippen LogP contribution is 2.31. The fraction of sp³-hybridized carbons (Fsp3) is 0.364. The molecule has 2 heteroatoms. The van der Waals surface area contributed by atoms with Gasteiger partial charge in [-0.1, -0.05) is 35.5 Å². The summed E-state index contributed by atoms with van der Waals surface area (Å²) in [6.45, 7) is 0. The van der Waals surface area contributed by atoms with E-state index in [1.807, 2.05) is 18.2 Å². The van der Waals surface area contributed by atoms with Crippen molar-refractivity contribution in [2.75, 3.05) is 0 Å². The molecule has 0 bridgehead atoms. The molecule has 1 fully saturated rings. The predicted octanol–water partition coefficient (Wildman–Crippen LogP) is 2.78. The summed E-state index contributed by atoms with van der Waals surface area (Å²) >= 11 is 0.